The summed E-state index contributed by atoms with van der Waals surface area (Å²) in [6.45, 7) is 0.489. The zero-order chi connectivity index (χ0) is 18.8. The predicted octanol–water partition coefficient (Wildman–Crippen LogP) is 1.63. The Hall–Kier alpha value is -2.55. The molecule has 0 N–H and O–H groups in total. The Balaban J connectivity index is 2.65. The highest BCUT2D eigenvalue weighted by Gasteiger charge is 2.42. The van der Waals surface area contributed by atoms with Crippen molar-refractivity contribution >= 4 is 16.9 Å². The normalized spacial score (nSPS) is 11.8. The minimum atomic E-state index is -5.22. The summed E-state index contributed by atoms with van der Waals surface area (Å²) < 4.78 is 43.2. The highest BCUT2D eigenvalue weighted by atomic mass is 19.4. The minimum Gasteiger partial charge on any atom is -0.496 e. The number of benzene rings is 1. The molecule has 0 aliphatic rings. The summed E-state index contributed by atoms with van der Waals surface area (Å²) in [5.74, 6) is -2.12. The zero-order valence-electron chi connectivity index (χ0n) is 13.9. The maximum Gasteiger partial charge on any atom is 0.493 e. The van der Waals surface area contributed by atoms with Crippen LogP contribution in [-0.2, 0) is 11.2 Å². The number of fused-ring (bicyclic) bond motifs is 1. The van der Waals surface area contributed by atoms with E-state index in [-0.39, 0.29) is 17.5 Å². The molecule has 0 spiro atoms. The molecule has 2 aromatic rings. The van der Waals surface area contributed by atoms with E-state index >= 15 is 0 Å². The van der Waals surface area contributed by atoms with Gasteiger partial charge in [-0.15, -0.1) is 4.73 Å². The van der Waals surface area contributed by atoms with E-state index in [1.165, 1.54) is 25.3 Å². The zero-order valence-corrected chi connectivity index (χ0v) is 13.9. The molecule has 0 unspecified atom stereocenters. The number of alkyl halides is 3. The Labute approximate surface area is 141 Å². The van der Waals surface area contributed by atoms with E-state index < -0.39 is 17.7 Å². The van der Waals surface area contributed by atoms with Gasteiger partial charge in [0.2, 0.25) is 0 Å². The molecule has 1 aromatic heterocycles. The fourth-order valence-corrected chi connectivity index (χ4v) is 2.26. The molecule has 1 heterocycles. The summed E-state index contributed by atoms with van der Waals surface area (Å²) in [4.78, 5) is 29.9. The van der Waals surface area contributed by atoms with Gasteiger partial charge in [0.15, 0.2) is 0 Å². The van der Waals surface area contributed by atoms with Crippen LogP contribution in [0.1, 0.15) is 5.56 Å². The highest BCUT2D eigenvalue weighted by Crippen LogP contribution is 2.25. The SMILES string of the molecule is COc1cccc2c1cc(CCN(C)C)c(=O)n2OC(=O)C(F)(F)F. The number of likely N-dealkylation sites (N-methyl/N-ethyl adjacent to an activating group) is 1. The second-order valence-electron chi connectivity index (χ2n) is 5.59. The van der Waals surface area contributed by atoms with Crippen LogP contribution in [0.25, 0.3) is 10.9 Å². The molecule has 0 bridgehead atoms. The van der Waals surface area contributed by atoms with E-state index in [0.717, 1.165) is 0 Å². The third kappa shape index (κ3) is 4.11. The van der Waals surface area contributed by atoms with Gasteiger partial charge < -0.3 is 14.5 Å². The van der Waals surface area contributed by atoms with Gasteiger partial charge in [-0.3, -0.25) is 4.79 Å². The molecule has 0 saturated heterocycles. The van der Waals surface area contributed by atoms with E-state index in [1.54, 1.807) is 20.2 Å². The van der Waals surface area contributed by atoms with Crippen LogP contribution in [0.4, 0.5) is 13.2 Å². The molecule has 9 heteroatoms. The van der Waals surface area contributed by atoms with Gasteiger partial charge in [-0.25, -0.2) is 4.79 Å². The maximum atomic E-state index is 12.5. The van der Waals surface area contributed by atoms with Gasteiger partial charge in [0.25, 0.3) is 5.56 Å². The second-order valence-corrected chi connectivity index (χ2v) is 5.59. The lowest BCUT2D eigenvalue weighted by Gasteiger charge is -2.15. The van der Waals surface area contributed by atoms with E-state index in [0.29, 0.717) is 22.4 Å². The average Bonchev–Trinajstić information content (AvgIpc) is 2.54. The lowest BCUT2D eigenvalue weighted by atomic mass is 10.1. The molecule has 2 rings (SSSR count). The largest absolute Gasteiger partial charge is 0.496 e. The number of pyridine rings is 1. The number of carbonyl (C=O) groups excluding carboxylic acids is 1. The van der Waals surface area contributed by atoms with Crippen LogP contribution in [0.5, 0.6) is 5.75 Å². The third-order valence-electron chi connectivity index (χ3n) is 3.49. The number of nitrogens with zero attached hydrogens (tertiary/aromatic N) is 2. The molecule has 25 heavy (non-hydrogen) atoms. The molecule has 0 atom stereocenters. The number of carbonyl (C=O) groups is 1. The molecule has 0 fully saturated rings. The van der Waals surface area contributed by atoms with E-state index in [1.807, 2.05) is 4.90 Å². The second kappa shape index (κ2) is 7.14. The summed E-state index contributed by atoms with van der Waals surface area (Å²) in [7, 11) is 4.99. The first-order valence-electron chi connectivity index (χ1n) is 7.31. The quantitative estimate of drug-likeness (QED) is 0.813. The van der Waals surface area contributed by atoms with E-state index in [2.05, 4.69) is 4.84 Å². The number of hydrogen-bond donors (Lipinski definition) is 0. The maximum absolute atomic E-state index is 12.5. The Morgan fingerprint density at radius 3 is 2.52 bits per heavy atom. The average molecular weight is 358 g/mol. The monoisotopic (exact) mass is 358 g/mol. The van der Waals surface area contributed by atoms with Crippen molar-refractivity contribution in [3.8, 4) is 5.75 Å². The first kappa shape index (κ1) is 18.8. The Bertz CT molecular complexity index is 844. The summed E-state index contributed by atoms with van der Waals surface area (Å²) in [5, 5.41) is 0.369. The Morgan fingerprint density at radius 2 is 1.96 bits per heavy atom. The van der Waals surface area contributed by atoms with Crippen molar-refractivity contribution < 1.29 is 27.5 Å². The minimum absolute atomic E-state index is 0.00977. The highest BCUT2D eigenvalue weighted by molar-refractivity contribution is 5.86. The standard InChI is InChI=1S/C16H17F3N2O4/c1-20(2)8-7-10-9-11-12(5-4-6-13(11)24-3)21(14(10)22)25-15(23)16(17,18)19/h4-6,9H,7-8H2,1-3H3. The third-order valence-corrected chi connectivity index (χ3v) is 3.49. The predicted molar refractivity (Wildman–Crippen MR) is 84.7 cm³/mol. The van der Waals surface area contributed by atoms with Crippen LogP contribution < -0.4 is 15.1 Å². The van der Waals surface area contributed by atoms with Crippen LogP contribution in [-0.4, -0.2) is 49.5 Å². The van der Waals surface area contributed by atoms with Gasteiger partial charge in [-0.1, -0.05) is 6.07 Å². The molecule has 0 radical (unpaired) electrons. The van der Waals surface area contributed by atoms with Gasteiger partial charge in [0.05, 0.1) is 12.6 Å². The lowest BCUT2D eigenvalue weighted by molar-refractivity contribution is -0.199. The number of halogens is 3. The fraction of sp³-hybridized carbons (Fsp3) is 0.375. The van der Waals surface area contributed by atoms with Crippen LogP contribution >= 0.6 is 0 Å². The molecular weight excluding hydrogens is 341 g/mol. The molecule has 136 valence electrons. The van der Waals surface area contributed by atoms with Crippen molar-refractivity contribution in [1.82, 2.24) is 9.63 Å². The molecule has 1 aromatic carbocycles. The van der Waals surface area contributed by atoms with Crippen molar-refractivity contribution in [2.75, 3.05) is 27.7 Å². The molecule has 6 nitrogen and oxygen atoms in total. The molecule has 0 saturated carbocycles. The van der Waals surface area contributed by atoms with E-state index in [9.17, 15) is 22.8 Å². The van der Waals surface area contributed by atoms with Crippen molar-refractivity contribution in [3.63, 3.8) is 0 Å². The summed E-state index contributed by atoms with van der Waals surface area (Å²) in [6.07, 6.45) is -4.95. The van der Waals surface area contributed by atoms with Gasteiger partial charge in [-0.05, 0) is 38.7 Å². The van der Waals surface area contributed by atoms with Gasteiger partial charge >= 0.3 is 12.1 Å². The van der Waals surface area contributed by atoms with Crippen LogP contribution in [0.15, 0.2) is 29.1 Å². The number of hydrogen-bond acceptors (Lipinski definition) is 5. The van der Waals surface area contributed by atoms with Crippen molar-refractivity contribution in [3.05, 3.63) is 40.2 Å². The molecule has 0 amide bonds. The smallest absolute Gasteiger partial charge is 0.493 e. The van der Waals surface area contributed by atoms with Crippen LogP contribution in [0.2, 0.25) is 0 Å². The lowest BCUT2D eigenvalue weighted by Crippen LogP contribution is -2.39. The number of aromatic nitrogens is 1. The van der Waals surface area contributed by atoms with Crippen molar-refractivity contribution in [1.29, 1.82) is 0 Å². The Morgan fingerprint density at radius 1 is 1.28 bits per heavy atom. The van der Waals surface area contributed by atoms with Crippen molar-refractivity contribution in [2.45, 2.75) is 12.6 Å². The van der Waals surface area contributed by atoms with Crippen LogP contribution in [0, 0.1) is 0 Å². The topological polar surface area (TPSA) is 60.8 Å². The first-order chi connectivity index (χ1) is 11.6. The van der Waals surface area contributed by atoms with Gasteiger partial charge in [-0.2, -0.15) is 13.2 Å². The van der Waals surface area contributed by atoms with Gasteiger partial charge in [0, 0.05) is 17.5 Å². The number of rotatable bonds is 5. The summed E-state index contributed by atoms with van der Waals surface area (Å²) in [5.41, 5.74) is -0.601. The molecule has 0 aliphatic carbocycles. The summed E-state index contributed by atoms with van der Waals surface area (Å²) in [6, 6.07) is 5.99. The summed E-state index contributed by atoms with van der Waals surface area (Å²) >= 11 is 0. The first-order valence-corrected chi connectivity index (χ1v) is 7.31. The van der Waals surface area contributed by atoms with Gasteiger partial charge in [0.1, 0.15) is 5.75 Å². The Kier molecular flexibility index (Phi) is 5.36. The number of ether oxygens (including phenoxy) is 1. The van der Waals surface area contributed by atoms with E-state index in [4.69, 9.17) is 4.74 Å². The molecule has 0 aliphatic heterocycles. The molecular formula is C16H17F3N2O4. The van der Waals surface area contributed by atoms with Crippen LogP contribution in [0.3, 0.4) is 0 Å². The van der Waals surface area contributed by atoms with Crippen molar-refractivity contribution in [2.24, 2.45) is 0 Å². The fourth-order valence-electron chi connectivity index (χ4n) is 2.26. The number of methoxy groups -OCH3 is 1.